The van der Waals surface area contributed by atoms with Crippen LogP contribution in [0.2, 0.25) is 0 Å². The topological polar surface area (TPSA) is 38.9 Å². The normalized spacial score (nSPS) is 35.3. The first-order chi connectivity index (χ1) is 11.7. The summed E-state index contributed by atoms with van der Waals surface area (Å²) in [7, 11) is 0. The highest BCUT2D eigenvalue weighted by atomic mass is 32.2. The molecule has 0 aliphatic heterocycles. The minimum atomic E-state index is 0.284. The Balaban J connectivity index is 1.34. The van der Waals surface area contributed by atoms with Crippen LogP contribution in [-0.4, -0.2) is 14.9 Å². The van der Waals surface area contributed by atoms with E-state index in [1.807, 2.05) is 30.3 Å². The Morgan fingerprint density at radius 3 is 2.25 bits per heavy atom. The highest BCUT2D eigenvalue weighted by molar-refractivity contribution is 8.00. The lowest BCUT2D eigenvalue weighted by Crippen LogP contribution is -2.48. The zero-order chi connectivity index (χ0) is 16.1. The van der Waals surface area contributed by atoms with E-state index in [1.54, 1.807) is 0 Å². The smallest absolute Gasteiger partial charge is 0.247 e. The predicted octanol–water partition coefficient (Wildman–Crippen LogP) is 5.50. The summed E-state index contributed by atoms with van der Waals surface area (Å²) in [4.78, 5) is 0. The van der Waals surface area contributed by atoms with Crippen molar-refractivity contribution in [3.63, 3.8) is 0 Å². The summed E-state index contributed by atoms with van der Waals surface area (Å²) in [5.41, 5.74) is 1.00. The minimum Gasteiger partial charge on any atom is -0.420 e. The third-order valence-corrected chi connectivity index (χ3v) is 7.77. The molecule has 0 radical (unpaired) electrons. The molecule has 4 fully saturated rings. The molecule has 0 N–H and O–H groups in total. The van der Waals surface area contributed by atoms with Gasteiger partial charge in [0.2, 0.25) is 11.8 Å². The number of thioether (sulfide) groups is 1. The fourth-order valence-corrected chi connectivity index (χ4v) is 7.64. The molecule has 0 spiro atoms. The van der Waals surface area contributed by atoms with E-state index in [4.69, 9.17) is 4.42 Å². The Bertz CT molecular complexity index is 691. The summed E-state index contributed by atoms with van der Waals surface area (Å²) in [6.45, 7) is 2.24. The van der Waals surface area contributed by atoms with Crippen LogP contribution in [0.5, 0.6) is 0 Å². The highest BCUT2D eigenvalue weighted by Gasteiger charge is 2.52. The molecule has 0 amide bonds. The molecule has 0 unspecified atom stereocenters. The van der Waals surface area contributed by atoms with Crippen molar-refractivity contribution in [2.24, 2.45) is 17.8 Å². The fraction of sp³-hybridized carbons (Fsp3) is 0.600. The Kier molecular flexibility index (Phi) is 3.51. The van der Waals surface area contributed by atoms with Crippen molar-refractivity contribution in [3.05, 3.63) is 36.2 Å². The van der Waals surface area contributed by atoms with Crippen LogP contribution in [0.1, 0.15) is 56.6 Å². The second kappa shape index (κ2) is 5.62. The second-order valence-electron chi connectivity index (χ2n) is 8.17. The third-order valence-electron chi connectivity index (χ3n) is 6.22. The van der Waals surface area contributed by atoms with Crippen LogP contribution in [0, 0.1) is 17.8 Å². The lowest BCUT2D eigenvalue weighted by Gasteiger charge is -2.56. The molecule has 4 aliphatic rings. The third kappa shape index (κ3) is 2.59. The predicted molar refractivity (Wildman–Crippen MR) is 96.6 cm³/mol. The number of aromatic nitrogens is 2. The Labute approximate surface area is 147 Å². The highest BCUT2D eigenvalue weighted by Crippen LogP contribution is 2.62. The number of benzene rings is 1. The van der Waals surface area contributed by atoms with Crippen LogP contribution in [0.25, 0.3) is 11.5 Å². The largest absolute Gasteiger partial charge is 0.420 e. The summed E-state index contributed by atoms with van der Waals surface area (Å²) in [6, 6.07) is 10.1. The van der Waals surface area contributed by atoms with Crippen molar-refractivity contribution in [3.8, 4) is 11.5 Å². The van der Waals surface area contributed by atoms with Crippen LogP contribution in [0.4, 0.5) is 0 Å². The van der Waals surface area contributed by atoms with Crippen LogP contribution in [0.3, 0.4) is 0 Å². The summed E-state index contributed by atoms with van der Waals surface area (Å²) < 4.78 is 6.48. The molecule has 4 heteroatoms. The maximum Gasteiger partial charge on any atom is 0.247 e. The summed E-state index contributed by atoms with van der Waals surface area (Å²) in [5, 5.41) is 8.91. The van der Waals surface area contributed by atoms with Crippen LogP contribution < -0.4 is 0 Å². The second-order valence-corrected chi connectivity index (χ2v) is 9.98. The van der Waals surface area contributed by atoms with Gasteiger partial charge >= 0.3 is 0 Å². The van der Waals surface area contributed by atoms with Crippen LogP contribution in [-0.2, 0) is 0 Å². The quantitative estimate of drug-likeness (QED) is 0.736. The fourth-order valence-electron chi connectivity index (χ4n) is 5.70. The van der Waals surface area contributed by atoms with Gasteiger partial charge in [-0.15, -0.1) is 22.0 Å². The van der Waals surface area contributed by atoms with Gasteiger partial charge in [0.1, 0.15) is 0 Å². The Hall–Kier alpha value is -1.29. The number of rotatable bonds is 4. The van der Waals surface area contributed by atoms with Crippen LogP contribution >= 0.6 is 11.8 Å². The van der Waals surface area contributed by atoms with E-state index in [0.29, 0.717) is 10.6 Å². The van der Waals surface area contributed by atoms with Gasteiger partial charge in [-0.3, -0.25) is 0 Å². The van der Waals surface area contributed by atoms with E-state index in [9.17, 15) is 0 Å². The minimum absolute atomic E-state index is 0.284. The zero-order valence-corrected chi connectivity index (χ0v) is 15.0. The molecule has 1 heterocycles. The average molecular weight is 340 g/mol. The van der Waals surface area contributed by atoms with Crippen molar-refractivity contribution in [1.82, 2.24) is 10.2 Å². The molecule has 1 aromatic heterocycles. The SMILES string of the molecule is C[C@H](SC12CC3CC(CC(C3)C1)C2)c1nnc(-c2ccccc2)o1. The van der Waals surface area contributed by atoms with Gasteiger partial charge in [0.15, 0.2) is 0 Å². The number of hydrogen-bond acceptors (Lipinski definition) is 4. The van der Waals surface area contributed by atoms with E-state index < -0.39 is 0 Å². The standard InChI is InChI=1S/C20H24N2OS/c1-13(18-21-22-19(23-18)17-5-3-2-4-6-17)24-20-10-14-7-15(11-20)9-16(8-14)12-20/h2-6,13-16H,7-12H2,1H3/t13-,14?,15?,16?,20?/m0/s1. The van der Waals surface area contributed by atoms with Gasteiger partial charge in [-0.2, -0.15) is 0 Å². The van der Waals surface area contributed by atoms with Crippen molar-refractivity contribution in [2.45, 2.75) is 55.4 Å². The monoisotopic (exact) mass is 340 g/mol. The van der Waals surface area contributed by atoms with E-state index >= 15 is 0 Å². The summed E-state index contributed by atoms with van der Waals surface area (Å²) in [5.74, 6) is 4.38. The first-order valence-electron chi connectivity index (χ1n) is 9.26. The first-order valence-corrected chi connectivity index (χ1v) is 10.1. The van der Waals surface area contributed by atoms with Gasteiger partial charge < -0.3 is 4.42 Å². The molecule has 4 saturated carbocycles. The van der Waals surface area contributed by atoms with Crippen molar-refractivity contribution >= 4 is 11.8 Å². The zero-order valence-electron chi connectivity index (χ0n) is 14.1. The van der Waals surface area contributed by atoms with Gasteiger partial charge in [-0.1, -0.05) is 18.2 Å². The maximum absolute atomic E-state index is 6.00. The van der Waals surface area contributed by atoms with E-state index in [0.717, 1.165) is 29.2 Å². The lowest BCUT2D eigenvalue weighted by molar-refractivity contribution is 0.0380. The molecule has 6 rings (SSSR count). The van der Waals surface area contributed by atoms with E-state index in [-0.39, 0.29) is 5.25 Å². The van der Waals surface area contributed by atoms with Gasteiger partial charge in [-0.25, -0.2) is 0 Å². The average Bonchev–Trinajstić information content (AvgIpc) is 3.04. The molecule has 0 saturated heterocycles. The van der Waals surface area contributed by atoms with Crippen molar-refractivity contribution in [1.29, 1.82) is 0 Å². The lowest BCUT2D eigenvalue weighted by atomic mass is 9.56. The molecule has 24 heavy (non-hydrogen) atoms. The Morgan fingerprint density at radius 2 is 1.62 bits per heavy atom. The summed E-state index contributed by atoms with van der Waals surface area (Å²) >= 11 is 2.12. The van der Waals surface area contributed by atoms with Crippen molar-refractivity contribution in [2.75, 3.05) is 0 Å². The molecule has 4 aliphatic carbocycles. The van der Waals surface area contributed by atoms with Crippen molar-refractivity contribution < 1.29 is 4.42 Å². The molecular weight excluding hydrogens is 316 g/mol. The van der Waals surface area contributed by atoms with Gasteiger partial charge in [0.25, 0.3) is 0 Å². The molecule has 2 aromatic rings. The number of hydrogen-bond donors (Lipinski definition) is 0. The molecular formula is C20H24N2OS. The van der Waals surface area contributed by atoms with Crippen LogP contribution in [0.15, 0.2) is 34.7 Å². The summed E-state index contributed by atoms with van der Waals surface area (Å²) in [6.07, 6.45) is 8.71. The first kappa shape index (κ1) is 15.0. The number of nitrogens with zero attached hydrogens (tertiary/aromatic N) is 2. The Morgan fingerprint density at radius 1 is 1.00 bits per heavy atom. The molecule has 4 bridgehead atoms. The molecule has 126 valence electrons. The van der Waals surface area contributed by atoms with Gasteiger partial charge in [-0.05, 0) is 75.3 Å². The molecule has 1 aromatic carbocycles. The molecule has 3 nitrogen and oxygen atoms in total. The maximum atomic E-state index is 6.00. The van der Waals surface area contributed by atoms with E-state index in [2.05, 4.69) is 28.9 Å². The van der Waals surface area contributed by atoms with Gasteiger partial charge in [0.05, 0.1) is 5.25 Å². The van der Waals surface area contributed by atoms with Gasteiger partial charge in [0, 0.05) is 10.3 Å². The van der Waals surface area contributed by atoms with E-state index in [1.165, 1.54) is 38.5 Å². The molecule has 1 atom stereocenters.